The van der Waals surface area contributed by atoms with Gasteiger partial charge in [-0.15, -0.1) is 0 Å². The Bertz CT molecular complexity index is 1670. The summed E-state index contributed by atoms with van der Waals surface area (Å²) in [6, 6.07) is 28.1. The first-order chi connectivity index (χ1) is 20.9. The Hall–Kier alpha value is -5.29. The molecule has 0 aliphatic carbocycles. The van der Waals surface area contributed by atoms with Crippen LogP contribution >= 0.6 is 0 Å². The fourth-order valence-corrected chi connectivity index (χ4v) is 5.84. The minimum atomic E-state index is -0.845. The molecule has 4 aromatic rings. The maximum absolute atomic E-state index is 14.0. The van der Waals surface area contributed by atoms with Gasteiger partial charge in [0.15, 0.2) is 0 Å². The molecule has 11 nitrogen and oxygen atoms in total. The zero-order chi connectivity index (χ0) is 29.9. The second-order valence-electron chi connectivity index (χ2n) is 10.7. The number of nitrogens with one attached hydrogen (secondary N) is 2. The van der Waals surface area contributed by atoms with Crippen molar-refractivity contribution in [1.29, 1.82) is 0 Å². The number of nitrogens with zero attached hydrogens (tertiary/aromatic N) is 4. The average Bonchev–Trinajstić information content (AvgIpc) is 3.32. The second kappa shape index (κ2) is 11.9. The number of piperazine rings is 1. The van der Waals surface area contributed by atoms with Crippen LogP contribution < -0.4 is 10.7 Å². The number of carbonyl (C=O) groups excluding carboxylic acids is 3. The molecule has 0 unspecified atom stereocenters. The highest BCUT2D eigenvalue weighted by Crippen LogP contribution is 2.30. The number of hydrazine groups is 1. The van der Waals surface area contributed by atoms with Crippen LogP contribution in [0.4, 0.5) is 10.5 Å². The van der Waals surface area contributed by atoms with Crippen molar-refractivity contribution in [2.24, 2.45) is 0 Å². The molecule has 0 bridgehead atoms. The summed E-state index contributed by atoms with van der Waals surface area (Å²) in [5.74, 6) is -0.496. The molecule has 2 saturated heterocycles. The molecule has 6 rings (SSSR count). The first kappa shape index (κ1) is 27.9. The van der Waals surface area contributed by atoms with Gasteiger partial charge in [-0.2, -0.15) is 5.01 Å². The van der Waals surface area contributed by atoms with E-state index in [1.165, 1.54) is 12.1 Å². The van der Waals surface area contributed by atoms with Gasteiger partial charge >= 0.3 is 6.03 Å². The molecule has 2 aliphatic rings. The summed E-state index contributed by atoms with van der Waals surface area (Å²) in [6.07, 6.45) is -0.412. The Morgan fingerprint density at radius 1 is 0.884 bits per heavy atom. The molecule has 43 heavy (non-hydrogen) atoms. The molecule has 0 radical (unpaired) electrons. The van der Waals surface area contributed by atoms with E-state index in [2.05, 4.69) is 10.7 Å². The van der Waals surface area contributed by atoms with E-state index in [1.54, 1.807) is 26.9 Å². The highest BCUT2D eigenvalue weighted by molar-refractivity contribution is 5.92. The quantitative estimate of drug-likeness (QED) is 0.243. The zero-order valence-electron chi connectivity index (χ0n) is 23.3. The lowest BCUT2D eigenvalue weighted by molar-refractivity contribution is -0.384. The van der Waals surface area contributed by atoms with Crippen LogP contribution in [0.25, 0.3) is 10.8 Å². The summed E-state index contributed by atoms with van der Waals surface area (Å²) in [7, 11) is 0. The molecule has 11 heteroatoms. The van der Waals surface area contributed by atoms with E-state index >= 15 is 0 Å². The maximum Gasteiger partial charge on any atom is 0.329 e. The number of nitro benzene ring substituents is 1. The largest absolute Gasteiger partial charge is 0.333 e. The molecule has 0 aromatic heterocycles. The van der Waals surface area contributed by atoms with Crippen LogP contribution in [0, 0.1) is 10.1 Å². The van der Waals surface area contributed by atoms with Crippen molar-refractivity contribution in [1.82, 2.24) is 25.6 Å². The molecule has 0 spiro atoms. The molecule has 2 N–H and O–H groups in total. The number of benzene rings is 4. The lowest BCUT2D eigenvalue weighted by atomic mass is 9.99. The van der Waals surface area contributed by atoms with Crippen molar-refractivity contribution in [2.45, 2.75) is 31.7 Å². The number of carbonyl (C=O) groups is 3. The third kappa shape index (κ3) is 5.88. The molecular weight excluding hydrogens is 548 g/mol. The summed E-state index contributed by atoms with van der Waals surface area (Å²) in [6.45, 7) is 0.750. The molecule has 0 saturated carbocycles. The van der Waals surface area contributed by atoms with Gasteiger partial charge < -0.3 is 15.1 Å². The Balaban J connectivity index is 1.26. The van der Waals surface area contributed by atoms with E-state index in [0.29, 0.717) is 18.7 Å². The highest BCUT2D eigenvalue weighted by Gasteiger charge is 2.50. The van der Waals surface area contributed by atoms with Crippen LogP contribution in [0.15, 0.2) is 97.1 Å². The lowest BCUT2D eigenvalue weighted by Gasteiger charge is -2.44. The van der Waals surface area contributed by atoms with Gasteiger partial charge in [0.2, 0.25) is 11.8 Å². The SMILES string of the molecule is O=C(NCc1ccccc1)NN1CC(=O)N2[C@@H]1CN(Cc1cccc3ccccc13)C(=O)[C@@H]2Cc1ccc([N+](=O)[O-])cc1. The van der Waals surface area contributed by atoms with Crippen LogP contribution in [0.2, 0.25) is 0 Å². The first-order valence-corrected chi connectivity index (χ1v) is 14.0. The first-order valence-electron chi connectivity index (χ1n) is 14.0. The minimum Gasteiger partial charge on any atom is -0.333 e. The predicted molar refractivity (Wildman–Crippen MR) is 159 cm³/mol. The maximum atomic E-state index is 14.0. The number of hydrogen-bond acceptors (Lipinski definition) is 6. The monoisotopic (exact) mass is 578 g/mol. The number of nitro groups is 1. The fraction of sp³-hybridized carbons (Fsp3) is 0.219. The molecule has 4 aromatic carbocycles. The number of rotatable bonds is 8. The van der Waals surface area contributed by atoms with Crippen molar-refractivity contribution in [3.63, 3.8) is 0 Å². The molecule has 2 aliphatic heterocycles. The second-order valence-corrected chi connectivity index (χ2v) is 10.7. The average molecular weight is 579 g/mol. The van der Waals surface area contributed by atoms with Gasteiger partial charge in [-0.3, -0.25) is 25.1 Å². The van der Waals surface area contributed by atoms with Gasteiger partial charge in [-0.1, -0.05) is 84.9 Å². The van der Waals surface area contributed by atoms with Gasteiger partial charge in [-0.05, 0) is 27.5 Å². The summed E-state index contributed by atoms with van der Waals surface area (Å²) < 4.78 is 0. The van der Waals surface area contributed by atoms with Crippen molar-refractivity contribution in [3.8, 4) is 0 Å². The Morgan fingerprint density at radius 3 is 2.37 bits per heavy atom. The summed E-state index contributed by atoms with van der Waals surface area (Å²) in [5.41, 5.74) is 5.36. The molecule has 2 atom stereocenters. The molecular formula is C32H30N6O5. The number of non-ortho nitro benzene ring substituents is 1. The number of urea groups is 1. The topological polar surface area (TPSA) is 128 Å². The van der Waals surface area contributed by atoms with Crippen LogP contribution in [-0.2, 0) is 29.1 Å². The highest BCUT2D eigenvalue weighted by atomic mass is 16.6. The lowest BCUT2D eigenvalue weighted by Crippen LogP contribution is -2.65. The molecule has 2 heterocycles. The van der Waals surface area contributed by atoms with E-state index in [-0.39, 0.29) is 37.0 Å². The number of amides is 4. The number of hydrogen-bond donors (Lipinski definition) is 2. The summed E-state index contributed by atoms with van der Waals surface area (Å²) in [4.78, 5) is 54.2. The van der Waals surface area contributed by atoms with Gasteiger partial charge in [0.25, 0.3) is 5.69 Å². The molecule has 4 amide bonds. The number of fused-ring (bicyclic) bond motifs is 2. The predicted octanol–water partition coefficient (Wildman–Crippen LogP) is 3.59. The summed E-state index contributed by atoms with van der Waals surface area (Å²) in [5, 5.41) is 17.6. The smallest absolute Gasteiger partial charge is 0.329 e. The van der Waals surface area contributed by atoms with E-state index in [1.807, 2.05) is 72.8 Å². The van der Waals surface area contributed by atoms with Crippen molar-refractivity contribution in [3.05, 3.63) is 124 Å². The van der Waals surface area contributed by atoms with Crippen LogP contribution in [0.1, 0.15) is 16.7 Å². The third-order valence-corrected chi connectivity index (χ3v) is 7.95. The summed E-state index contributed by atoms with van der Waals surface area (Å²) >= 11 is 0. The Labute approximate surface area is 247 Å². The van der Waals surface area contributed by atoms with Gasteiger partial charge in [0, 0.05) is 31.6 Å². The van der Waals surface area contributed by atoms with Gasteiger partial charge in [0.05, 0.1) is 18.0 Å². The van der Waals surface area contributed by atoms with Crippen molar-refractivity contribution < 1.29 is 19.3 Å². The molecule has 218 valence electrons. The van der Waals surface area contributed by atoms with Crippen molar-refractivity contribution in [2.75, 3.05) is 13.1 Å². The van der Waals surface area contributed by atoms with E-state index in [4.69, 9.17) is 0 Å². The third-order valence-electron chi connectivity index (χ3n) is 7.95. The zero-order valence-corrected chi connectivity index (χ0v) is 23.3. The van der Waals surface area contributed by atoms with Crippen LogP contribution in [0.5, 0.6) is 0 Å². The van der Waals surface area contributed by atoms with Crippen molar-refractivity contribution >= 4 is 34.3 Å². The fourth-order valence-electron chi connectivity index (χ4n) is 5.84. The Morgan fingerprint density at radius 2 is 1.60 bits per heavy atom. The normalized spacial score (nSPS) is 18.5. The standard InChI is InChI=1S/C32H30N6O5/c39-30-21-36(34-32(41)33-18-23-7-2-1-3-8-23)29-20-35(19-25-11-6-10-24-9-4-5-12-27(24)25)31(40)28(37(29)30)17-22-13-15-26(16-14-22)38(42)43/h1-16,28-29H,17-21H2,(H2,33,34,41)/t28-,29+/m0/s1. The minimum absolute atomic E-state index is 0.0525. The van der Waals surface area contributed by atoms with E-state index < -0.39 is 23.2 Å². The van der Waals surface area contributed by atoms with E-state index in [0.717, 1.165) is 21.9 Å². The van der Waals surface area contributed by atoms with Crippen LogP contribution in [0.3, 0.4) is 0 Å². The van der Waals surface area contributed by atoms with Gasteiger partial charge in [-0.25, -0.2) is 4.79 Å². The Kier molecular flexibility index (Phi) is 7.71. The van der Waals surface area contributed by atoms with Gasteiger partial charge in [0.1, 0.15) is 12.2 Å². The van der Waals surface area contributed by atoms with Crippen LogP contribution in [-0.4, -0.2) is 62.9 Å². The van der Waals surface area contributed by atoms with E-state index in [9.17, 15) is 24.5 Å². The molecule has 2 fully saturated rings.